The Morgan fingerprint density at radius 3 is 3.09 bits per heavy atom. The highest BCUT2D eigenvalue weighted by atomic mass is 15.2. The summed E-state index contributed by atoms with van der Waals surface area (Å²) in [5.74, 6) is 0. The van der Waals surface area contributed by atoms with Crippen molar-refractivity contribution in [3.05, 3.63) is 0 Å². The van der Waals surface area contributed by atoms with Gasteiger partial charge >= 0.3 is 0 Å². The fraction of sp³-hybridized carbons (Fsp3) is 1.00. The molecule has 0 radical (unpaired) electrons. The van der Waals surface area contributed by atoms with E-state index in [9.17, 15) is 0 Å². The molecule has 11 heavy (non-hydrogen) atoms. The molecule has 0 aromatic carbocycles. The first-order chi connectivity index (χ1) is 5.38. The number of hydrogen-bond donors (Lipinski definition) is 1. The highest BCUT2D eigenvalue weighted by Crippen LogP contribution is 2.23. The molecular weight excluding hydrogens is 136 g/mol. The van der Waals surface area contributed by atoms with E-state index in [2.05, 4.69) is 17.1 Å². The summed E-state index contributed by atoms with van der Waals surface area (Å²) in [7, 11) is 0. The second-order valence-electron chi connectivity index (χ2n) is 3.88. The standard InChI is InChI=1S/C9H18N2/c1-8-3-2-4-9-7-10-5-6-11(8)9/h8-10H,2-7H2,1H3/t8-,9-/m1/s1. The van der Waals surface area contributed by atoms with E-state index in [1.54, 1.807) is 0 Å². The Hall–Kier alpha value is -0.0800. The van der Waals surface area contributed by atoms with Crippen molar-refractivity contribution in [1.82, 2.24) is 10.2 Å². The van der Waals surface area contributed by atoms with E-state index < -0.39 is 0 Å². The van der Waals surface area contributed by atoms with Gasteiger partial charge in [0.1, 0.15) is 0 Å². The molecule has 2 nitrogen and oxygen atoms in total. The van der Waals surface area contributed by atoms with Gasteiger partial charge < -0.3 is 5.32 Å². The molecule has 0 spiro atoms. The van der Waals surface area contributed by atoms with E-state index in [-0.39, 0.29) is 0 Å². The molecule has 1 N–H and O–H groups in total. The van der Waals surface area contributed by atoms with Crippen LogP contribution in [0, 0.1) is 0 Å². The van der Waals surface area contributed by atoms with Gasteiger partial charge in [0.05, 0.1) is 0 Å². The second-order valence-corrected chi connectivity index (χ2v) is 3.88. The first kappa shape index (κ1) is 7.56. The normalized spacial score (nSPS) is 40.1. The van der Waals surface area contributed by atoms with Gasteiger partial charge in [-0.3, -0.25) is 4.90 Å². The van der Waals surface area contributed by atoms with Crippen LogP contribution in [0.15, 0.2) is 0 Å². The van der Waals surface area contributed by atoms with Gasteiger partial charge in [0.15, 0.2) is 0 Å². The molecule has 0 aliphatic carbocycles. The van der Waals surface area contributed by atoms with Crippen molar-refractivity contribution in [3.63, 3.8) is 0 Å². The van der Waals surface area contributed by atoms with E-state index in [1.165, 1.54) is 38.9 Å². The van der Waals surface area contributed by atoms with Gasteiger partial charge in [0, 0.05) is 31.7 Å². The molecule has 2 aliphatic rings. The summed E-state index contributed by atoms with van der Waals surface area (Å²) in [6.45, 7) is 6.06. The van der Waals surface area contributed by atoms with Gasteiger partial charge in [-0.1, -0.05) is 6.42 Å². The number of piperazine rings is 1. The Morgan fingerprint density at radius 1 is 1.36 bits per heavy atom. The Labute approximate surface area is 69.0 Å². The van der Waals surface area contributed by atoms with Crippen molar-refractivity contribution in [3.8, 4) is 0 Å². The number of rotatable bonds is 0. The minimum absolute atomic E-state index is 0.843. The molecule has 0 bridgehead atoms. The number of piperidine rings is 1. The lowest BCUT2D eigenvalue weighted by molar-refractivity contribution is 0.0717. The van der Waals surface area contributed by atoms with Crippen molar-refractivity contribution >= 4 is 0 Å². The topological polar surface area (TPSA) is 15.3 Å². The summed E-state index contributed by atoms with van der Waals surface area (Å²) < 4.78 is 0. The van der Waals surface area contributed by atoms with Gasteiger partial charge in [-0.25, -0.2) is 0 Å². The lowest BCUT2D eigenvalue weighted by Crippen LogP contribution is -2.56. The zero-order valence-corrected chi connectivity index (χ0v) is 7.34. The van der Waals surface area contributed by atoms with E-state index in [0.29, 0.717) is 0 Å². The summed E-state index contributed by atoms with van der Waals surface area (Å²) in [6.07, 6.45) is 4.26. The number of fused-ring (bicyclic) bond motifs is 1. The minimum atomic E-state index is 0.843. The summed E-state index contributed by atoms with van der Waals surface area (Å²) in [6, 6.07) is 1.70. The maximum absolute atomic E-state index is 3.46. The molecule has 64 valence electrons. The average molecular weight is 154 g/mol. The van der Waals surface area contributed by atoms with Gasteiger partial charge in [0.2, 0.25) is 0 Å². The van der Waals surface area contributed by atoms with Crippen LogP contribution in [0.2, 0.25) is 0 Å². The SMILES string of the molecule is C[C@@H]1CCC[C@@H]2CNCCN21. The number of hydrogen-bond acceptors (Lipinski definition) is 2. The largest absolute Gasteiger partial charge is 0.314 e. The van der Waals surface area contributed by atoms with Crippen LogP contribution >= 0.6 is 0 Å². The van der Waals surface area contributed by atoms with Gasteiger partial charge in [-0.05, 0) is 19.8 Å². The molecule has 2 atom stereocenters. The second kappa shape index (κ2) is 3.11. The third-order valence-electron chi connectivity index (χ3n) is 3.12. The molecule has 2 heterocycles. The van der Waals surface area contributed by atoms with E-state index in [4.69, 9.17) is 0 Å². The molecule has 0 unspecified atom stereocenters. The summed E-state index contributed by atoms with van der Waals surface area (Å²) in [4.78, 5) is 2.68. The first-order valence-electron chi connectivity index (χ1n) is 4.84. The maximum atomic E-state index is 3.46. The van der Waals surface area contributed by atoms with Crippen LogP contribution in [-0.2, 0) is 0 Å². The van der Waals surface area contributed by atoms with Gasteiger partial charge in [0.25, 0.3) is 0 Å². The van der Waals surface area contributed by atoms with Crippen LogP contribution in [0.3, 0.4) is 0 Å². The van der Waals surface area contributed by atoms with Crippen molar-refractivity contribution in [1.29, 1.82) is 0 Å². The molecule has 0 saturated carbocycles. The Morgan fingerprint density at radius 2 is 2.27 bits per heavy atom. The van der Waals surface area contributed by atoms with E-state index >= 15 is 0 Å². The Bertz CT molecular complexity index is 134. The highest BCUT2D eigenvalue weighted by molar-refractivity contribution is 4.86. The van der Waals surface area contributed by atoms with Crippen molar-refractivity contribution in [2.24, 2.45) is 0 Å². The summed E-state index contributed by atoms with van der Waals surface area (Å²) in [5, 5.41) is 3.46. The Balaban J connectivity index is 1.99. The molecule has 2 saturated heterocycles. The van der Waals surface area contributed by atoms with E-state index in [1.807, 2.05) is 0 Å². The fourth-order valence-electron chi connectivity index (χ4n) is 2.44. The molecular formula is C9H18N2. The molecule has 0 aromatic rings. The molecule has 2 aliphatic heterocycles. The average Bonchev–Trinajstić information content (AvgIpc) is 2.06. The number of nitrogens with zero attached hydrogens (tertiary/aromatic N) is 1. The minimum Gasteiger partial charge on any atom is -0.314 e. The van der Waals surface area contributed by atoms with Crippen LogP contribution in [0.5, 0.6) is 0 Å². The fourth-order valence-corrected chi connectivity index (χ4v) is 2.44. The van der Waals surface area contributed by atoms with Crippen LogP contribution in [0.4, 0.5) is 0 Å². The quantitative estimate of drug-likeness (QED) is 0.556. The lowest BCUT2D eigenvalue weighted by atomic mass is 9.95. The molecule has 2 fully saturated rings. The smallest absolute Gasteiger partial charge is 0.0224 e. The maximum Gasteiger partial charge on any atom is 0.0224 e. The van der Waals surface area contributed by atoms with Gasteiger partial charge in [-0.2, -0.15) is 0 Å². The Kier molecular flexibility index (Phi) is 2.14. The van der Waals surface area contributed by atoms with E-state index in [0.717, 1.165) is 12.1 Å². The third-order valence-corrected chi connectivity index (χ3v) is 3.12. The van der Waals surface area contributed by atoms with Crippen LogP contribution in [0.1, 0.15) is 26.2 Å². The predicted octanol–water partition coefficient (Wildman–Crippen LogP) is 0.833. The number of nitrogens with one attached hydrogen (secondary N) is 1. The van der Waals surface area contributed by atoms with Crippen molar-refractivity contribution in [2.75, 3.05) is 19.6 Å². The molecule has 0 aromatic heterocycles. The third kappa shape index (κ3) is 1.42. The highest BCUT2D eigenvalue weighted by Gasteiger charge is 2.29. The van der Waals surface area contributed by atoms with Crippen LogP contribution in [0.25, 0.3) is 0 Å². The monoisotopic (exact) mass is 154 g/mol. The van der Waals surface area contributed by atoms with Crippen molar-refractivity contribution < 1.29 is 0 Å². The molecule has 0 amide bonds. The first-order valence-corrected chi connectivity index (χ1v) is 4.84. The lowest BCUT2D eigenvalue weighted by Gasteiger charge is -2.43. The van der Waals surface area contributed by atoms with Gasteiger partial charge in [-0.15, -0.1) is 0 Å². The predicted molar refractivity (Wildman–Crippen MR) is 46.7 cm³/mol. The summed E-state index contributed by atoms with van der Waals surface area (Å²) in [5.41, 5.74) is 0. The van der Waals surface area contributed by atoms with Crippen molar-refractivity contribution in [2.45, 2.75) is 38.3 Å². The zero-order chi connectivity index (χ0) is 7.68. The molecule has 2 heteroatoms. The zero-order valence-electron chi connectivity index (χ0n) is 7.34. The summed E-state index contributed by atoms with van der Waals surface area (Å²) >= 11 is 0. The van der Waals surface area contributed by atoms with Crippen LogP contribution in [-0.4, -0.2) is 36.6 Å². The molecule has 2 rings (SSSR count). The van der Waals surface area contributed by atoms with Crippen LogP contribution < -0.4 is 5.32 Å².